The number of anilines is 1. The number of nitrogens with zero attached hydrogens (tertiary/aromatic N) is 6. The van der Waals surface area contributed by atoms with Crippen LogP contribution >= 0.6 is 0 Å². The smallest absolute Gasteiger partial charge is 0.136 e. The lowest BCUT2D eigenvalue weighted by molar-refractivity contribution is 0.494. The summed E-state index contributed by atoms with van der Waals surface area (Å²) >= 11 is 0. The highest BCUT2D eigenvalue weighted by molar-refractivity contribution is 5.45. The lowest BCUT2D eigenvalue weighted by Crippen LogP contribution is -2.22. The van der Waals surface area contributed by atoms with E-state index in [9.17, 15) is 0 Å². The van der Waals surface area contributed by atoms with Crippen molar-refractivity contribution in [1.82, 2.24) is 24.3 Å². The maximum Gasteiger partial charge on any atom is 0.136 e. The van der Waals surface area contributed by atoms with Gasteiger partial charge in [-0.3, -0.25) is 4.98 Å². The zero-order valence-electron chi connectivity index (χ0n) is 20.6. The predicted molar refractivity (Wildman–Crippen MR) is 136 cm³/mol. The molecule has 176 valence electrons. The molecule has 0 aliphatic carbocycles. The molecule has 0 radical (unpaired) electrons. The molecule has 34 heavy (non-hydrogen) atoms. The van der Waals surface area contributed by atoms with Gasteiger partial charge in [0, 0.05) is 55.6 Å². The van der Waals surface area contributed by atoms with Gasteiger partial charge in [-0.05, 0) is 54.0 Å². The van der Waals surface area contributed by atoms with E-state index in [1.165, 1.54) is 5.56 Å². The minimum absolute atomic E-state index is 0.584. The van der Waals surface area contributed by atoms with E-state index in [4.69, 9.17) is 15.0 Å². The second-order valence-electron chi connectivity index (χ2n) is 10.3. The number of hydrogen-bond donors (Lipinski definition) is 0. The highest BCUT2D eigenvalue weighted by Crippen LogP contribution is 2.27. The van der Waals surface area contributed by atoms with E-state index in [0.717, 1.165) is 60.3 Å². The molecule has 1 saturated heterocycles. The molecule has 0 spiro atoms. The van der Waals surface area contributed by atoms with Gasteiger partial charge in [-0.25, -0.2) is 15.0 Å². The number of aromatic nitrogens is 5. The third-order valence-corrected chi connectivity index (χ3v) is 6.79. The van der Waals surface area contributed by atoms with Crippen molar-refractivity contribution in [3.63, 3.8) is 0 Å². The Morgan fingerprint density at radius 3 is 2.47 bits per heavy atom. The molecule has 2 unspecified atom stereocenters. The number of hydrogen-bond acceptors (Lipinski definition) is 5. The first-order valence-corrected chi connectivity index (χ1v) is 12.4. The molecule has 4 aromatic heterocycles. The Balaban J connectivity index is 1.45. The predicted octanol–water partition coefficient (Wildman–Crippen LogP) is 4.99. The molecule has 0 saturated carbocycles. The van der Waals surface area contributed by atoms with Gasteiger partial charge in [-0.2, -0.15) is 0 Å². The van der Waals surface area contributed by atoms with Gasteiger partial charge in [0.2, 0.25) is 0 Å². The molecule has 0 amide bonds. The van der Waals surface area contributed by atoms with Crippen molar-refractivity contribution in [3.8, 4) is 0 Å². The summed E-state index contributed by atoms with van der Waals surface area (Å²) in [6, 6.07) is 12.8. The molecule has 0 N–H and O–H groups in total. The van der Waals surface area contributed by atoms with E-state index in [-0.39, 0.29) is 0 Å². The van der Waals surface area contributed by atoms with Crippen LogP contribution in [0.15, 0.2) is 55.0 Å². The van der Waals surface area contributed by atoms with Crippen LogP contribution in [0.4, 0.5) is 5.82 Å². The summed E-state index contributed by atoms with van der Waals surface area (Å²) in [5, 5.41) is 0. The molecule has 0 bridgehead atoms. The van der Waals surface area contributed by atoms with E-state index >= 15 is 0 Å². The minimum Gasteiger partial charge on any atom is -0.356 e. The fraction of sp³-hybridized carbons (Fsp3) is 0.429. The van der Waals surface area contributed by atoms with Crippen molar-refractivity contribution >= 4 is 11.5 Å². The average Bonchev–Trinajstić information content (AvgIpc) is 3.39. The monoisotopic (exact) mass is 454 g/mol. The normalized spacial score (nSPS) is 18.3. The van der Waals surface area contributed by atoms with E-state index in [0.29, 0.717) is 24.2 Å². The Morgan fingerprint density at radius 1 is 0.882 bits per heavy atom. The summed E-state index contributed by atoms with van der Waals surface area (Å²) in [6.07, 6.45) is 8.25. The van der Waals surface area contributed by atoms with Crippen LogP contribution in [0.5, 0.6) is 0 Å². The molecule has 6 nitrogen and oxygen atoms in total. The Bertz CT molecular complexity index is 1270. The highest BCUT2D eigenvalue weighted by atomic mass is 15.2. The van der Waals surface area contributed by atoms with Gasteiger partial charge in [0.1, 0.15) is 17.3 Å². The van der Waals surface area contributed by atoms with Gasteiger partial charge in [0.05, 0.1) is 12.1 Å². The van der Waals surface area contributed by atoms with E-state index < -0.39 is 0 Å². The van der Waals surface area contributed by atoms with Crippen molar-refractivity contribution < 1.29 is 0 Å². The Kier molecular flexibility index (Phi) is 6.31. The average molecular weight is 455 g/mol. The van der Waals surface area contributed by atoms with Crippen LogP contribution in [0.2, 0.25) is 0 Å². The molecule has 1 fully saturated rings. The Labute approximate surface area is 202 Å². The molecule has 5 heterocycles. The van der Waals surface area contributed by atoms with Crippen molar-refractivity contribution in [3.05, 3.63) is 83.5 Å². The Morgan fingerprint density at radius 2 is 1.68 bits per heavy atom. The number of imidazole rings is 1. The zero-order chi connectivity index (χ0) is 23.7. The number of rotatable bonds is 7. The van der Waals surface area contributed by atoms with Crippen LogP contribution < -0.4 is 4.90 Å². The topological polar surface area (TPSA) is 59.2 Å². The van der Waals surface area contributed by atoms with Crippen LogP contribution in [0.1, 0.15) is 56.2 Å². The molecule has 2 atom stereocenters. The quantitative estimate of drug-likeness (QED) is 0.394. The second-order valence-corrected chi connectivity index (χ2v) is 10.3. The zero-order valence-corrected chi connectivity index (χ0v) is 20.6. The third kappa shape index (κ3) is 5.11. The van der Waals surface area contributed by atoms with Crippen molar-refractivity contribution in [1.29, 1.82) is 0 Å². The van der Waals surface area contributed by atoms with Gasteiger partial charge in [0.25, 0.3) is 0 Å². The van der Waals surface area contributed by atoms with Gasteiger partial charge >= 0.3 is 0 Å². The van der Waals surface area contributed by atoms with Gasteiger partial charge < -0.3 is 9.30 Å². The standard InChI is InChI=1S/C28H34N6/c1-19(2)12-23-6-5-7-24(30-23)15-26-31-25(13-22-8-10-33-11-9-29-27(33)14-22)16-28(32-26)34-17-20(3)21(4)18-34/h5-11,14,16,19-21H,12-13,15,17-18H2,1-4H3. The van der Waals surface area contributed by atoms with Crippen molar-refractivity contribution in [2.24, 2.45) is 17.8 Å². The summed E-state index contributed by atoms with van der Waals surface area (Å²) in [5.74, 6) is 3.80. The van der Waals surface area contributed by atoms with Gasteiger partial charge in [0.15, 0.2) is 0 Å². The fourth-order valence-corrected chi connectivity index (χ4v) is 4.78. The van der Waals surface area contributed by atoms with Crippen LogP contribution in [-0.4, -0.2) is 37.4 Å². The minimum atomic E-state index is 0.584. The highest BCUT2D eigenvalue weighted by Gasteiger charge is 2.27. The van der Waals surface area contributed by atoms with Crippen molar-refractivity contribution in [2.45, 2.75) is 47.0 Å². The summed E-state index contributed by atoms with van der Waals surface area (Å²) < 4.78 is 2.03. The maximum absolute atomic E-state index is 5.01. The summed E-state index contributed by atoms with van der Waals surface area (Å²) in [7, 11) is 0. The molecule has 6 heteroatoms. The maximum atomic E-state index is 5.01. The van der Waals surface area contributed by atoms with Crippen molar-refractivity contribution in [2.75, 3.05) is 18.0 Å². The lowest BCUT2D eigenvalue weighted by atomic mass is 10.0. The Hall–Kier alpha value is -3.28. The first-order chi connectivity index (χ1) is 16.4. The molecule has 5 rings (SSSR count). The van der Waals surface area contributed by atoms with E-state index in [1.54, 1.807) is 0 Å². The molecular formula is C28H34N6. The SMILES string of the molecule is CC(C)Cc1cccc(Cc2nc(Cc3ccn4ccnc4c3)cc(N3CC(C)C(C)C3)n2)n1. The summed E-state index contributed by atoms with van der Waals surface area (Å²) in [6.45, 7) is 11.2. The number of pyridine rings is 2. The largest absolute Gasteiger partial charge is 0.356 e. The van der Waals surface area contributed by atoms with E-state index in [2.05, 4.69) is 80.2 Å². The van der Waals surface area contributed by atoms with Crippen LogP contribution in [-0.2, 0) is 19.3 Å². The van der Waals surface area contributed by atoms with Gasteiger partial charge in [-0.15, -0.1) is 0 Å². The fourth-order valence-electron chi connectivity index (χ4n) is 4.78. The molecule has 4 aromatic rings. The van der Waals surface area contributed by atoms with Crippen LogP contribution in [0.3, 0.4) is 0 Å². The first-order valence-electron chi connectivity index (χ1n) is 12.4. The van der Waals surface area contributed by atoms with Crippen LogP contribution in [0, 0.1) is 17.8 Å². The molecular weight excluding hydrogens is 420 g/mol. The van der Waals surface area contributed by atoms with Crippen LogP contribution in [0.25, 0.3) is 5.65 Å². The second kappa shape index (κ2) is 9.53. The third-order valence-electron chi connectivity index (χ3n) is 6.79. The molecule has 1 aliphatic heterocycles. The number of fused-ring (bicyclic) bond motifs is 1. The van der Waals surface area contributed by atoms with Gasteiger partial charge in [-0.1, -0.05) is 33.8 Å². The van der Waals surface area contributed by atoms with E-state index in [1.807, 2.05) is 16.8 Å². The summed E-state index contributed by atoms with van der Waals surface area (Å²) in [4.78, 5) is 21.8. The first kappa shape index (κ1) is 22.5. The lowest BCUT2D eigenvalue weighted by Gasteiger charge is -2.19. The molecule has 0 aromatic carbocycles. The summed E-state index contributed by atoms with van der Waals surface area (Å²) in [5.41, 5.74) is 5.37. The molecule has 1 aliphatic rings.